The molecule has 18 heavy (non-hydrogen) atoms. The third-order valence-electron chi connectivity index (χ3n) is 2.29. The van der Waals surface area contributed by atoms with Crippen molar-refractivity contribution in [2.45, 2.75) is 13.3 Å². The number of carbonyl (C=O) groups is 2. The highest BCUT2D eigenvalue weighted by Crippen LogP contribution is 2.18. The largest absolute Gasteiger partial charge is 0.478 e. The average molecular weight is 249 g/mol. The third kappa shape index (κ3) is 3.62. The number of rotatable bonds is 5. The Labute approximate surface area is 105 Å². The fourth-order valence-electron chi connectivity index (χ4n) is 1.38. The fourth-order valence-corrected chi connectivity index (χ4v) is 1.38. The minimum Gasteiger partial charge on any atom is -0.478 e. The molecule has 0 unspecified atom stereocenters. The molecule has 0 radical (unpaired) electrons. The van der Waals surface area contributed by atoms with Gasteiger partial charge in [-0.25, -0.2) is 9.59 Å². The summed E-state index contributed by atoms with van der Waals surface area (Å²) in [7, 11) is 0. The van der Waals surface area contributed by atoms with Crippen LogP contribution in [0.1, 0.15) is 22.8 Å². The summed E-state index contributed by atoms with van der Waals surface area (Å²) in [6.07, 6.45) is 1.47. The number of aryl methyl sites for hydroxylation is 1. The molecule has 0 aliphatic rings. The van der Waals surface area contributed by atoms with Crippen molar-refractivity contribution in [2.24, 2.45) is 0 Å². The number of aromatic carboxylic acids is 1. The van der Waals surface area contributed by atoms with E-state index in [0.717, 1.165) is 12.0 Å². The molecule has 0 spiro atoms. The van der Waals surface area contributed by atoms with Gasteiger partial charge in [-0.3, -0.25) is 5.32 Å². The molecular weight excluding hydrogens is 234 g/mol. The molecule has 1 aromatic carbocycles. The predicted octanol–water partition coefficient (Wildman–Crippen LogP) is 2.68. The van der Waals surface area contributed by atoms with Crippen molar-refractivity contribution in [2.75, 3.05) is 11.9 Å². The highest BCUT2D eigenvalue weighted by Gasteiger charge is 2.13. The zero-order chi connectivity index (χ0) is 13.5. The molecule has 0 aliphatic carbocycles. The van der Waals surface area contributed by atoms with Crippen molar-refractivity contribution < 1.29 is 19.4 Å². The number of benzene rings is 1. The summed E-state index contributed by atoms with van der Waals surface area (Å²) in [6, 6.07) is 4.80. The zero-order valence-electron chi connectivity index (χ0n) is 10.1. The molecule has 0 heterocycles. The Morgan fingerprint density at radius 1 is 1.50 bits per heavy atom. The molecule has 0 bridgehead atoms. The number of ether oxygens (including phenoxy) is 1. The van der Waals surface area contributed by atoms with Gasteiger partial charge < -0.3 is 9.84 Å². The predicted molar refractivity (Wildman–Crippen MR) is 67.9 cm³/mol. The second-order valence-electron chi connectivity index (χ2n) is 3.55. The molecule has 5 heteroatoms. The van der Waals surface area contributed by atoms with Crippen molar-refractivity contribution in [1.29, 1.82) is 0 Å². The van der Waals surface area contributed by atoms with Gasteiger partial charge in [-0.1, -0.05) is 25.6 Å². The molecule has 1 amide bonds. The van der Waals surface area contributed by atoms with Crippen molar-refractivity contribution in [3.8, 4) is 0 Å². The lowest BCUT2D eigenvalue weighted by Gasteiger charge is -2.09. The molecule has 1 rings (SSSR count). The van der Waals surface area contributed by atoms with E-state index in [2.05, 4.69) is 11.9 Å². The summed E-state index contributed by atoms with van der Waals surface area (Å²) in [5.41, 5.74) is 1.19. The number of carboxylic acid groups (broad SMARTS) is 1. The molecule has 2 N–H and O–H groups in total. The molecule has 0 aromatic heterocycles. The lowest BCUT2D eigenvalue weighted by atomic mass is 10.1. The van der Waals surface area contributed by atoms with Crippen LogP contribution in [0.4, 0.5) is 10.5 Å². The van der Waals surface area contributed by atoms with Crippen molar-refractivity contribution >= 4 is 17.7 Å². The number of hydrogen-bond donors (Lipinski definition) is 2. The van der Waals surface area contributed by atoms with Crippen LogP contribution < -0.4 is 5.32 Å². The molecule has 0 saturated carbocycles. The summed E-state index contributed by atoms with van der Waals surface area (Å²) in [6.45, 7) is 5.42. The van der Waals surface area contributed by atoms with Crippen LogP contribution in [0.2, 0.25) is 0 Å². The second kappa shape index (κ2) is 6.44. The first-order valence-electron chi connectivity index (χ1n) is 5.49. The lowest BCUT2D eigenvalue weighted by Crippen LogP contribution is -2.16. The SMILES string of the molecule is C=CCOC(=O)Nc1cc(CC)ccc1C(=O)O. The van der Waals surface area contributed by atoms with E-state index in [4.69, 9.17) is 9.84 Å². The molecule has 0 fully saturated rings. The van der Waals surface area contributed by atoms with Crippen LogP contribution in [0.3, 0.4) is 0 Å². The van der Waals surface area contributed by atoms with Crippen LogP contribution in [0.5, 0.6) is 0 Å². The number of anilines is 1. The van der Waals surface area contributed by atoms with Gasteiger partial charge in [0, 0.05) is 0 Å². The maximum atomic E-state index is 11.4. The van der Waals surface area contributed by atoms with E-state index < -0.39 is 12.1 Å². The minimum atomic E-state index is -1.10. The summed E-state index contributed by atoms with van der Waals surface area (Å²) in [5, 5.41) is 11.4. The van der Waals surface area contributed by atoms with Gasteiger partial charge in [0.05, 0.1) is 11.3 Å². The first-order chi connectivity index (χ1) is 8.58. The Morgan fingerprint density at radius 3 is 2.78 bits per heavy atom. The Balaban J connectivity index is 2.93. The van der Waals surface area contributed by atoms with Crippen molar-refractivity contribution in [1.82, 2.24) is 0 Å². The molecule has 5 nitrogen and oxygen atoms in total. The summed E-state index contributed by atoms with van der Waals surface area (Å²) >= 11 is 0. The molecule has 0 atom stereocenters. The Morgan fingerprint density at radius 2 is 2.22 bits per heavy atom. The summed E-state index contributed by atoms with van der Waals surface area (Å²) in [4.78, 5) is 22.4. The number of amides is 1. The van der Waals surface area contributed by atoms with Crippen LogP contribution in [0, 0.1) is 0 Å². The Kier molecular flexibility index (Phi) is 4.92. The second-order valence-corrected chi connectivity index (χ2v) is 3.55. The van der Waals surface area contributed by atoms with Gasteiger partial charge in [-0.15, -0.1) is 0 Å². The maximum Gasteiger partial charge on any atom is 0.411 e. The highest BCUT2D eigenvalue weighted by atomic mass is 16.5. The van der Waals surface area contributed by atoms with Gasteiger partial charge in [0.2, 0.25) is 0 Å². The molecule has 0 saturated heterocycles. The highest BCUT2D eigenvalue weighted by molar-refractivity contribution is 5.98. The van der Waals surface area contributed by atoms with Gasteiger partial charge in [-0.2, -0.15) is 0 Å². The number of carboxylic acids is 1. The average Bonchev–Trinajstić information content (AvgIpc) is 2.35. The van der Waals surface area contributed by atoms with E-state index in [1.165, 1.54) is 12.1 Å². The van der Waals surface area contributed by atoms with Crippen LogP contribution in [-0.2, 0) is 11.2 Å². The first kappa shape index (κ1) is 13.8. The lowest BCUT2D eigenvalue weighted by molar-refractivity contribution is 0.0698. The van der Waals surface area contributed by atoms with E-state index >= 15 is 0 Å². The van der Waals surface area contributed by atoms with E-state index in [1.807, 2.05) is 6.92 Å². The third-order valence-corrected chi connectivity index (χ3v) is 2.29. The maximum absolute atomic E-state index is 11.4. The number of carbonyl (C=O) groups excluding carboxylic acids is 1. The van der Waals surface area contributed by atoms with E-state index in [0.29, 0.717) is 0 Å². The Hall–Kier alpha value is -2.30. The Bertz CT molecular complexity index is 468. The van der Waals surface area contributed by atoms with Gasteiger partial charge >= 0.3 is 12.1 Å². The van der Waals surface area contributed by atoms with Crippen LogP contribution in [0.25, 0.3) is 0 Å². The van der Waals surface area contributed by atoms with Gasteiger partial charge in [0.15, 0.2) is 0 Å². The summed E-state index contributed by atoms with van der Waals surface area (Å²) < 4.78 is 4.74. The fraction of sp³-hybridized carbons (Fsp3) is 0.231. The quantitative estimate of drug-likeness (QED) is 0.786. The van der Waals surface area contributed by atoms with Crippen LogP contribution >= 0.6 is 0 Å². The molecular formula is C13H15NO4. The van der Waals surface area contributed by atoms with Crippen molar-refractivity contribution in [3.63, 3.8) is 0 Å². The van der Waals surface area contributed by atoms with Gasteiger partial charge in [0.25, 0.3) is 0 Å². The van der Waals surface area contributed by atoms with Gasteiger partial charge in [-0.05, 0) is 24.1 Å². The normalized spacial score (nSPS) is 9.61. The summed E-state index contributed by atoms with van der Waals surface area (Å²) in [5.74, 6) is -1.10. The smallest absolute Gasteiger partial charge is 0.411 e. The van der Waals surface area contributed by atoms with Crippen molar-refractivity contribution in [3.05, 3.63) is 42.0 Å². The number of nitrogens with one attached hydrogen (secondary N) is 1. The van der Waals surface area contributed by atoms with E-state index in [1.54, 1.807) is 12.1 Å². The standard InChI is InChI=1S/C13H15NO4/c1-3-7-18-13(17)14-11-8-9(4-2)5-6-10(11)12(15)16/h3,5-6,8H,1,4,7H2,2H3,(H,14,17)(H,15,16). The minimum absolute atomic E-state index is 0.0303. The van der Waals surface area contributed by atoms with Gasteiger partial charge in [0.1, 0.15) is 6.61 Å². The monoisotopic (exact) mass is 249 g/mol. The molecule has 1 aromatic rings. The number of hydrogen-bond acceptors (Lipinski definition) is 3. The zero-order valence-corrected chi connectivity index (χ0v) is 10.1. The topological polar surface area (TPSA) is 75.6 Å². The van der Waals surface area contributed by atoms with Crippen LogP contribution in [-0.4, -0.2) is 23.8 Å². The van der Waals surface area contributed by atoms with E-state index in [9.17, 15) is 9.59 Å². The van der Waals surface area contributed by atoms with Crippen LogP contribution in [0.15, 0.2) is 30.9 Å². The van der Waals surface area contributed by atoms with E-state index in [-0.39, 0.29) is 17.9 Å². The molecule has 96 valence electrons. The first-order valence-corrected chi connectivity index (χ1v) is 5.49. The molecule has 0 aliphatic heterocycles.